The summed E-state index contributed by atoms with van der Waals surface area (Å²) in [7, 11) is 0. The smallest absolute Gasteiger partial charge is 0.223 e. The topological polar surface area (TPSA) is 93.5 Å². The van der Waals surface area contributed by atoms with E-state index in [2.05, 4.69) is 10.6 Å². The van der Waals surface area contributed by atoms with Crippen molar-refractivity contribution in [1.82, 2.24) is 10.6 Å². The molecule has 4 N–H and O–H groups in total. The predicted octanol–water partition coefficient (Wildman–Crippen LogP) is 1.07. The molecule has 0 heterocycles. The summed E-state index contributed by atoms with van der Waals surface area (Å²) in [5, 5.41) is 5.44. The van der Waals surface area contributed by atoms with Gasteiger partial charge < -0.3 is 21.1 Å². The lowest BCUT2D eigenvalue weighted by Crippen LogP contribution is -2.31. The van der Waals surface area contributed by atoms with Crippen molar-refractivity contribution in [3.63, 3.8) is 0 Å². The van der Waals surface area contributed by atoms with Gasteiger partial charge in [-0.15, -0.1) is 0 Å². The fourth-order valence-electron chi connectivity index (χ4n) is 1.58. The zero-order valence-electron chi connectivity index (χ0n) is 12.4. The van der Waals surface area contributed by atoms with Crippen LogP contribution in [0.15, 0.2) is 24.3 Å². The van der Waals surface area contributed by atoms with E-state index >= 15 is 0 Å². The first-order valence-corrected chi connectivity index (χ1v) is 7.13. The molecule has 0 aliphatic rings. The van der Waals surface area contributed by atoms with Crippen molar-refractivity contribution in [1.29, 1.82) is 0 Å². The Morgan fingerprint density at radius 3 is 2.33 bits per heavy atom. The second kappa shape index (κ2) is 9.63. The van der Waals surface area contributed by atoms with E-state index < -0.39 is 0 Å². The SMILES string of the molecule is CCCNC(=O)CCNC(=O)CCOc1ccc(N)cc1. The number of nitrogens with one attached hydrogen (secondary N) is 2. The van der Waals surface area contributed by atoms with Crippen molar-refractivity contribution in [2.24, 2.45) is 0 Å². The van der Waals surface area contributed by atoms with Crippen LogP contribution in [0.2, 0.25) is 0 Å². The molecule has 1 rings (SSSR count). The first-order valence-electron chi connectivity index (χ1n) is 7.13. The third-order valence-corrected chi connectivity index (χ3v) is 2.72. The van der Waals surface area contributed by atoms with Gasteiger partial charge >= 0.3 is 0 Å². The summed E-state index contributed by atoms with van der Waals surface area (Å²) in [6.45, 7) is 3.29. The van der Waals surface area contributed by atoms with E-state index in [0.717, 1.165) is 6.42 Å². The number of nitrogen functional groups attached to an aromatic ring is 1. The number of hydrogen-bond acceptors (Lipinski definition) is 4. The monoisotopic (exact) mass is 293 g/mol. The number of rotatable bonds is 9. The van der Waals surface area contributed by atoms with Crippen molar-refractivity contribution in [3.8, 4) is 5.75 Å². The summed E-state index contributed by atoms with van der Waals surface area (Å²) in [4.78, 5) is 22.9. The van der Waals surface area contributed by atoms with Crippen LogP contribution in [0.5, 0.6) is 5.75 Å². The molecule has 0 aliphatic heterocycles. The van der Waals surface area contributed by atoms with Gasteiger partial charge in [0.1, 0.15) is 5.75 Å². The Hall–Kier alpha value is -2.24. The Kier molecular flexibility index (Phi) is 7.71. The van der Waals surface area contributed by atoms with E-state index in [1.54, 1.807) is 24.3 Å². The Balaban J connectivity index is 2.08. The molecule has 0 bridgehead atoms. The maximum atomic E-state index is 11.5. The van der Waals surface area contributed by atoms with Gasteiger partial charge in [-0.2, -0.15) is 0 Å². The molecular weight excluding hydrogens is 270 g/mol. The van der Waals surface area contributed by atoms with Gasteiger partial charge in [-0.25, -0.2) is 0 Å². The molecule has 0 aromatic heterocycles. The lowest BCUT2D eigenvalue weighted by molar-refractivity contribution is -0.122. The maximum absolute atomic E-state index is 11.5. The van der Waals surface area contributed by atoms with E-state index in [-0.39, 0.29) is 24.8 Å². The third kappa shape index (κ3) is 7.81. The van der Waals surface area contributed by atoms with Crippen LogP contribution in [0.25, 0.3) is 0 Å². The molecule has 1 aromatic rings. The van der Waals surface area contributed by atoms with E-state index in [4.69, 9.17) is 10.5 Å². The van der Waals surface area contributed by atoms with Crippen LogP contribution >= 0.6 is 0 Å². The van der Waals surface area contributed by atoms with E-state index in [1.807, 2.05) is 6.92 Å². The van der Waals surface area contributed by atoms with Crippen molar-refractivity contribution in [2.75, 3.05) is 25.4 Å². The number of nitrogens with two attached hydrogens (primary N) is 1. The largest absolute Gasteiger partial charge is 0.493 e. The minimum absolute atomic E-state index is 0.0460. The Labute approximate surface area is 125 Å². The molecule has 1 aromatic carbocycles. The Morgan fingerprint density at radius 1 is 1.05 bits per heavy atom. The van der Waals surface area contributed by atoms with Crippen molar-refractivity contribution >= 4 is 17.5 Å². The summed E-state index contributed by atoms with van der Waals surface area (Å²) in [5.74, 6) is 0.500. The van der Waals surface area contributed by atoms with Gasteiger partial charge in [0, 0.05) is 25.2 Å². The summed E-state index contributed by atoms with van der Waals surface area (Å²) < 4.78 is 5.42. The highest BCUT2D eigenvalue weighted by atomic mass is 16.5. The lowest BCUT2D eigenvalue weighted by Gasteiger charge is -2.08. The average Bonchev–Trinajstić information content (AvgIpc) is 2.47. The van der Waals surface area contributed by atoms with Gasteiger partial charge in [-0.1, -0.05) is 6.92 Å². The molecule has 116 valence electrons. The summed E-state index contributed by atoms with van der Waals surface area (Å²) >= 11 is 0. The molecule has 0 unspecified atom stereocenters. The number of ether oxygens (including phenoxy) is 1. The molecular formula is C15H23N3O3. The third-order valence-electron chi connectivity index (χ3n) is 2.72. The molecule has 6 nitrogen and oxygen atoms in total. The molecule has 0 saturated heterocycles. The lowest BCUT2D eigenvalue weighted by atomic mass is 10.3. The minimum atomic E-state index is -0.131. The minimum Gasteiger partial charge on any atom is -0.493 e. The van der Waals surface area contributed by atoms with Crippen LogP contribution in [0.4, 0.5) is 5.69 Å². The molecule has 0 aliphatic carbocycles. The fourth-order valence-corrected chi connectivity index (χ4v) is 1.58. The summed E-state index contributed by atoms with van der Waals surface area (Å²) in [5.41, 5.74) is 6.23. The molecule has 0 saturated carbocycles. The normalized spacial score (nSPS) is 9.95. The number of benzene rings is 1. The van der Waals surface area contributed by atoms with Gasteiger partial charge in [0.05, 0.1) is 13.0 Å². The summed E-state index contributed by atoms with van der Waals surface area (Å²) in [6, 6.07) is 6.99. The van der Waals surface area contributed by atoms with Crippen molar-refractivity contribution < 1.29 is 14.3 Å². The highest BCUT2D eigenvalue weighted by Gasteiger charge is 2.04. The predicted molar refractivity (Wildman–Crippen MR) is 81.9 cm³/mol. The Bertz CT molecular complexity index is 446. The molecule has 0 radical (unpaired) electrons. The Morgan fingerprint density at radius 2 is 1.67 bits per heavy atom. The second-order valence-electron chi connectivity index (χ2n) is 4.62. The molecule has 2 amide bonds. The van der Waals surface area contributed by atoms with Crippen LogP contribution < -0.4 is 21.1 Å². The maximum Gasteiger partial charge on any atom is 0.223 e. The van der Waals surface area contributed by atoms with Crippen LogP contribution in [0.1, 0.15) is 26.2 Å². The van der Waals surface area contributed by atoms with Crippen LogP contribution in [0.3, 0.4) is 0 Å². The molecule has 0 atom stereocenters. The second-order valence-corrected chi connectivity index (χ2v) is 4.62. The van der Waals surface area contributed by atoms with Crippen molar-refractivity contribution in [2.45, 2.75) is 26.2 Å². The molecule has 0 fully saturated rings. The molecule has 21 heavy (non-hydrogen) atoms. The number of hydrogen-bond donors (Lipinski definition) is 3. The molecule has 6 heteroatoms. The van der Waals surface area contributed by atoms with Gasteiger partial charge in [0.15, 0.2) is 0 Å². The number of anilines is 1. The number of carbonyl (C=O) groups is 2. The molecule has 0 spiro atoms. The van der Waals surface area contributed by atoms with Gasteiger partial charge in [0.2, 0.25) is 11.8 Å². The van der Waals surface area contributed by atoms with Crippen LogP contribution in [-0.2, 0) is 9.59 Å². The quantitative estimate of drug-likeness (QED) is 0.594. The first-order chi connectivity index (χ1) is 10.1. The highest BCUT2D eigenvalue weighted by molar-refractivity contribution is 5.78. The standard InChI is InChI=1S/C15H23N3O3/c1-2-9-17-14(19)7-10-18-15(20)8-11-21-13-5-3-12(16)4-6-13/h3-6H,2,7-11,16H2,1H3,(H,17,19)(H,18,20). The zero-order chi connectivity index (χ0) is 15.5. The van der Waals surface area contributed by atoms with Crippen LogP contribution in [-0.4, -0.2) is 31.5 Å². The van der Waals surface area contributed by atoms with Crippen LogP contribution in [0, 0.1) is 0 Å². The van der Waals surface area contributed by atoms with E-state index in [9.17, 15) is 9.59 Å². The van der Waals surface area contributed by atoms with E-state index in [1.165, 1.54) is 0 Å². The summed E-state index contributed by atoms with van der Waals surface area (Å²) in [6.07, 6.45) is 1.45. The van der Waals surface area contributed by atoms with Crippen molar-refractivity contribution in [3.05, 3.63) is 24.3 Å². The van der Waals surface area contributed by atoms with Gasteiger partial charge in [-0.05, 0) is 30.7 Å². The average molecular weight is 293 g/mol. The van der Waals surface area contributed by atoms with Gasteiger partial charge in [-0.3, -0.25) is 9.59 Å². The zero-order valence-corrected chi connectivity index (χ0v) is 12.4. The number of carbonyl (C=O) groups excluding carboxylic acids is 2. The highest BCUT2D eigenvalue weighted by Crippen LogP contribution is 2.12. The fraction of sp³-hybridized carbons (Fsp3) is 0.467. The first kappa shape index (κ1) is 16.8. The number of amides is 2. The van der Waals surface area contributed by atoms with Gasteiger partial charge in [0.25, 0.3) is 0 Å². The van der Waals surface area contributed by atoms with E-state index in [0.29, 0.717) is 30.9 Å².